The maximum atomic E-state index is 12.9. The minimum Gasteiger partial charge on any atom is -0.480 e. The summed E-state index contributed by atoms with van der Waals surface area (Å²) in [6.45, 7) is 1.61. The highest BCUT2D eigenvalue weighted by molar-refractivity contribution is 5.85. The average molecular weight is 308 g/mol. The van der Waals surface area contributed by atoms with Gasteiger partial charge in [-0.2, -0.15) is 0 Å². The number of carbonyl (C=O) groups is 2. The summed E-state index contributed by atoms with van der Waals surface area (Å²) in [7, 11) is 1.95. The second-order valence-corrected chi connectivity index (χ2v) is 5.83. The monoisotopic (exact) mass is 308 g/mol. The molecule has 1 saturated heterocycles. The summed E-state index contributed by atoms with van der Waals surface area (Å²) in [5, 5.41) is 11.9. The van der Waals surface area contributed by atoms with Crippen molar-refractivity contribution in [1.29, 1.82) is 0 Å². The van der Waals surface area contributed by atoms with Crippen molar-refractivity contribution in [2.75, 3.05) is 20.1 Å². The number of amides is 1. The van der Waals surface area contributed by atoms with Gasteiger partial charge in [-0.05, 0) is 44.1 Å². The Balaban J connectivity index is 1.97. The smallest absolute Gasteiger partial charge is 0.326 e. The third-order valence-electron chi connectivity index (χ3n) is 3.96. The highest BCUT2D eigenvalue weighted by Gasteiger charge is 2.28. The van der Waals surface area contributed by atoms with Crippen LogP contribution in [0.15, 0.2) is 24.3 Å². The van der Waals surface area contributed by atoms with Crippen LogP contribution in [0.4, 0.5) is 4.39 Å². The minimum absolute atomic E-state index is 0.143. The van der Waals surface area contributed by atoms with Gasteiger partial charge < -0.3 is 15.3 Å². The number of nitrogens with zero attached hydrogens (tertiary/aromatic N) is 1. The number of hydrogen-bond donors (Lipinski definition) is 2. The number of carboxylic acid groups (broad SMARTS) is 1. The Morgan fingerprint density at radius 3 is 2.68 bits per heavy atom. The molecule has 2 unspecified atom stereocenters. The van der Waals surface area contributed by atoms with Gasteiger partial charge >= 0.3 is 5.97 Å². The van der Waals surface area contributed by atoms with E-state index in [1.165, 1.54) is 24.3 Å². The van der Waals surface area contributed by atoms with Gasteiger partial charge in [-0.1, -0.05) is 12.1 Å². The summed E-state index contributed by atoms with van der Waals surface area (Å²) in [4.78, 5) is 25.7. The number of halogens is 1. The van der Waals surface area contributed by atoms with E-state index in [1.54, 1.807) is 0 Å². The van der Waals surface area contributed by atoms with Crippen molar-refractivity contribution in [2.24, 2.45) is 5.92 Å². The van der Waals surface area contributed by atoms with Gasteiger partial charge in [-0.3, -0.25) is 4.79 Å². The molecule has 5 nitrogen and oxygen atoms in total. The van der Waals surface area contributed by atoms with Crippen LogP contribution < -0.4 is 5.32 Å². The molecule has 22 heavy (non-hydrogen) atoms. The second-order valence-electron chi connectivity index (χ2n) is 5.83. The third kappa shape index (κ3) is 4.53. The fourth-order valence-electron chi connectivity index (χ4n) is 2.73. The molecule has 0 aromatic heterocycles. The van der Waals surface area contributed by atoms with Gasteiger partial charge in [0.05, 0.1) is 5.92 Å². The molecule has 1 aliphatic rings. The number of carbonyl (C=O) groups excluding carboxylic acids is 1. The van der Waals surface area contributed by atoms with E-state index in [2.05, 4.69) is 10.2 Å². The number of nitrogens with one attached hydrogen (secondary N) is 1. The Morgan fingerprint density at radius 1 is 1.41 bits per heavy atom. The van der Waals surface area contributed by atoms with Crippen molar-refractivity contribution in [3.63, 3.8) is 0 Å². The van der Waals surface area contributed by atoms with Gasteiger partial charge in [-0.25, -0.2) is 9.18 Å². The van der Waals surface area contributed by atoms with Crippen LogP contribution in [0.5, 0.6) is 0 Å². The lowest BCUT2D eigenvalue weighted by Gasteiger charge is -2.29. The molecule has 1 aromatic rings. The van der Waals surface area contributed by atoms with Crippen molar-refractivity contribution in [2.45, 2.75) is 25.3 Å². The van der Waals surface area contributed by atoms with Crippen LogP contribution in [0.3, 0.4) is 0 Å². The van der Waals surface area contributed by atoms with Crippen LogP contribution in [0.1, 0.15) is 18.4 Å². The predicted molar refractivity (Wildman–Crippen MR) is 79.9 cm³/mol. The molecule has 0 bridgehead atoms. The highest BCUT2D eigenvalue weighted by Crippen LogP contribution is 2.15. The molecule has 120 valence electrons. The molecule has 1 heterocycles. The maximum absolute atomic E-state index is 12.9. The summed E-state index contributed by atoms with van der Waals surface area (Å²) in [5.41, 5.74) is 0.676. The molecular weight excluding hydrogens is 287 g/mol. The standard InChI is InChI=1S/C16H21FN2O3/c1-19-8-2-3-12(10-19)15(20)18-14(16(21)22)9-11-4-6-13(17)7-5-11/h4-7,12,14H,2-3,8-10H2,1H3,(H,18,20)(H,21,22). The van der Waals surface area contributed by atoms with Crippen LogP contribution >= 0.6 is 0 Å². The van der Waals surface area contributed by atoms with E-state index in [-0.39, 0.29) is 24.1 Å². The van der Waals surface area contributed by atoms with Crippen LogP contribution in [-0.2, 0) is 16.0 Å². The summed E-state index contributed by atoms with van der Waals surface area (Å²) in [6, 6.07) is 4.64. The van der Waals surface area contributed by atoms with Crippen molar-refractivity contribution < 1.29 is 19.1 Å². The van der Waals surface area contributed by atoms with E-state index < -0.39 is 12.0 Å². The molecule has 1 amide bonds. The first-order valence-corrected chi connectivity index (χ1v) is 7.42. The number of piperidine rings is 1. The first kappa shape index (κ1) is 16.4. The molecule has 2 rings (SSSR count). The van der Waals surface area contributed by atoms with Crippen LogP contribution in [-0.4, -0.2) is 48.1 Å². The molecule has 2 N–H and O–H groups in total. The largest absolute Gasteiger partial charge is 0.480 e. The van der Waals surface area contributed by atoms with Crippen LogP contribution in [0.25, 0.3) is 0 Å². The summed E-state index contributed by atoms with van der Waals surface area (Å²) in [6.07, 6.45) is 1.85. The lowest BCUT2D eigenvalue weighted by Crippen LogP contribution is -2.48. The molecule has 2 atom stereocenters. The van der Waals surface area contributed by atoms with Gasteiger partial charge in [0, 0.05) is 13.0 Å². The number of hydrogen-bond acceptors (Lipinski definition) is 3. The predicted octanol–water partition coefficient (Wildman–Crippen LogP) is 1.28. The average Bonchev–Trinajstić information content (AvgIpc) is 2.48. The zero-order valence-corrected chi connectivity index (χ0v) is 12.6. The Labute approximate surface area is 129 Å². The zero-order chi connectivity index (χ0) is 16.1. The van der Waals surface area contributed by atoms with Crippen molar-refractivity contribution in [1.82, 2.24) is 10.2 Å². The van der Waals surface area contributed by atoms with E-state index in [9.17, 15) is 19.1 Å². The minimum atomic E-state index is -1.08. The first-order valence-electron chi connectivity index (χ1n) is 7.42. The molecule has 0 aliphatic carbocycles. The Morgan fingerprint density at radius 2 is 2.09 bits per heavy atom. The number of benzene rings is 1. The quantitative estimate of drug-likeness (QED) is 0.860. The van der Waals surface area contributed by atoms with Gasteiger partial charge in [0.2, 0.25) is 5.91 Å². The van der Waals surface area contributed by atoms with Crippen molar-refractivity contribution in [3.8, 4) is 0 Å². The van der Waals surface area contributed by atoms with Crippen molar-refractivity contribution in [3.05, 3.63) is 35.6 Å². The summed E-state index contributed by atoms with van der Waals surface area (Å²) >= 11 is 0. The summed E-state index contributed by atoms with van der Waals surface area (Å²) in [5.74, 6) is -1.85. The fraction of sp³-hybridized carbons (Fsp3) is 0.500. The molecular formula is C16H21FN2O3. The first-order chi connectivity index (χ1) is 10.5. The number of rotatable bonds is 5. The summed E-state index contributed by atoms with van der Waals surface area (Å²) < 4.78 is 12.9. The van der Waals surface area contributed by atoms with Gasteiger partial charge in [0.15, 0.2) is 0 Å². The van der Waals surface area contributed by atoms with E-state index in [0.717, 1.165) is 19.4 Å². The molecule has 0 radical (unpaired) electrons. The third-order valence-corrected chi connectivity index (χ3v) is 3.96. The second kappa shape index (κ2) is 7.35. The van der Waals surface area contributed by atoms with E-state index in [0.29, 0.717) is 12.1 Å². The normalized spacial score (nSPS) is 20.4. The molecule has 0 spiro atoms. The number of aliphatic carboxylic acids is 1. The molecule has 0 saturated carbocycles. The Bertz CT molecular complexity index is 533. The molecule has 6 heteroatoms. The zero-order valence-electron chi connectivity index (χ0n) is 12.6. The molecule has 1 fully saturated rings. The Hall–Kier alpha value is -1.95. The molecule has 1 aliphatic heterocycles. The number of carboxylic acids is 1. The topological polar surface area (TPSA) is 69.6 Å². The van der Waals surface area contributed by atoms with E-state index in [4.69, 9.17) is 0 Å². The number of likely N-dealkylation sites (tertiary alicyclic amines) is 1. The lowest BCUT2D eigenvalue weighted by molar-refractivity contribution is -0.142. The fourth-order valence-corrected chi connectivity index (χ4v) is 2.73. The lowest BCUT2D eigenvalue weighted by atomic mass is 9.96. The van der Waals surface area contributed by atoms with Crippen LogP contribution in [0, 0.1) is 11.7 Å². The van der Waals surface area contributed by atoms with E-state index in [1.807, 2.05) is 7.05 Å². The van der Waals surface area contributed by atoms with Gasteiger partial charge in [0.1, 0.15) is 11.9 Å². The maximum Gasteiger partial charge on any atom is 0.326 e. The SMILES string of the molecule is CN1CCCC(C(=O)NC(Cc2ccc(F)cc2)C(=O)O)C1. The highest BCUT2D eigenvalue weighted by atomic mass is 19.1. The van der Waals surface area contributed by atoms with Crippen molar-refractivity contribution >= 4 is 11.9 Å². The van der Waals surface area contributed by atoms with Crippen LogP contribution in [0.2, 0.25) is 0 Å². The Kier molecular flexibility index (Phi) is 5.49. The van der Waals surface area contributed by atoms with Gasteiger partial charge in [-0.15, -0.1) is 0 Å². The van der Waals surface area contributed by atoms with E-state index >= 15 is 0 Å². The molecule has 1 aromatic carbocycles. The van der Waals surface area contributed by atoms with Gasteiger partial charge in [0.25, 0.3) is 0 Å².